The average molecular weight is 366 g/mol. The van der Waals surface area contributed by atoms with Crippen LogP contribution in [0.5, 0.6) is 0 Å². The molecule has 0 radical (unpaired) electrons. The van der Waals surface area contributed by atoms with Crippen LogP contribution < -0.4 is 21.7 Å². The Morgan fingerprint density at radius 3 is 2.36 bits per heavy atom. The van der Waals surface area contributed by atoms with Gasteiger partial charge < -0.3 is 10.3 Å². The molecule has 0 unspecified atom stereocenters. The van der Waals surface area contributed by atoms with Gasteiger partial charge in [-0.1, -0.05) is 12.1 Å². The number of hydrogen-bond donors (Lipinski definition) is 4. The minimum absolute atomic E-state index is 0.00431. The van der Waals surface area contributed by atoms with Gasteiger partial charge in [-0.2, -0.15) is 0 Å². The van der Waals surface area contributed by atoms with E-state index < -0.39 is 21.3 Å². The predicted molar refractivity (Wildman–Crippen MR) is 90.4 cm³/mol. The van der Waals surface area contributed by atoms with Crippen molar-refractivity contribution >= 4 is 15.9 Å². The molecule has 0 saturated heterocycles. The summed E-state index contributed by atoms with van der Waals surface area (Å²) >= 11 is 0. The SMILES string of the molecule is Cc1[nH]c(=O)[nH]c(=O)c1CCC(=O)NCc1ccc(S(N)(=O)=O)cc1. The third kappa shape index (κ3) is 5.13. The molecule has 5 N–H and O–H groups in total. The van der Waals surface area contributed by atoms with Gasteiger partial charge in [-0.15, -0.1) is 0 Å². The van der Waals surface area contributed by atoms with Crippen LogP contribution in [0.15, 0.2) is 38.8 Å². The molecule has 2 aromatic rings. The van der Waals surface area contributed by atoms with Gasteiger partial charge in [0.05, 0.1) is 4.90 Å². The van der Waals surface area contributed by atoms with Gasteiger partial charge >= 0.3 is 5.69 Å². The highest BCUT2D eigenvalue weighted by molar-refractivity contribution is 7.89. The molecule has 9 nitrogen and oxygen atoms in total. The number of sulfonamides is 1. The third-order valence-corrected chi connectivity index (χ3v) is 4.53. The Hall–Kier alpha value is -2.72. The molecule has 0 aliphatic heterocycles. The number of nitrogens with two attached hydrogens (primary N) is 1. The van der Waals surface area contributed by atoms with E-state index in [-0.39, 0.29) is 30.2 Å². The minimum Gasteiger partial charge on any atom is -0.352 e. The van der Waals surface area contributed by atoms with Crippen molar-refractivity contribution < 1.29 is 13.2 Å². The van der Waals surface area contributed by atoms with Gasteiger partial charge in [0, 0.05) is 24.2 Å². The molecule has 0 aliphatic rings. The number of nitrogens with one attached hydrogen (secondary N) is 3. The quantitative estimate of drug-likeness (QED) is 0.530. The van der Waals surface area contributed by atoms with E-state index in [1.54, 1.807) is 19.1 Å². The monoisotopic (exact) mass is 366 g/mol. The van der Waals surface area contributed by atoms with Crippen LogP contribution in [0.1, 0.15) is 23.2 Å². The highest BCUT2D eigenvalue weighted by Gasteiger charge is 2.10. The van der Waals surface area contributed by atoms with Crippen LogP contribution in [0, 0.1) is 6.92 Å². The van der Waals surface area contributed by atoms with Crippen molar-refractivity contribution in [2.75, 3.05) is 0 Å². The zero-order valence-electron chi connectivity index (χ0n) is 13.5. The maximum Gasteiger partial charge on any atom is 0.325 e. The third-order valence-electron chi connectivity index (χ3n) is 3.60. The van der Waals surface area contributed by atoms with Crippen LogP contribution in [0.4, 0.5) is 0 Å². The smallest absolute Gasteiger partial charge is 0.325 e. The Morgan fingerprint density at radius 1 is 1.16 bits per heavy atom. The summed E-state index contributed by atoms with van der Waals surface area (Å²) in [5.41, 5.74) is 0.400. The fraction of sp³-hybridized carbons (Fsp3) is 0.267. The largest absolute Gasteiger partial charge is 0.352 e. The standard InChI is InChI=1S/C15H18N4O5S/c1-9-12(14(21)19-15(22)18-9)6-7-13(20)17-8-10-2-4-11(5-3-10)25(16,23)24/h2-5H,6-8H2,1H3,(H,17,20)(H2,16,23,24)(H2,18,19,21,22). The van der Waals surface area contributed by atoms with Crippen molar-refractivity contribution in [3.8, 4) is 0 Å². The number of rotatable bonds is 6. The molecule has 0 fully saturated rings. The van der Waals surface area contributed by atoms with Gasteiger partial charge in [-0.05, 0) is 31.0 Å². The van der Waals surface area contributed by atoms with Crippen LogP contribution in [-0.4, -0.2) is 24.3 Å². The first-order valence-electron chi connectivity index (χ1n) is 7.37. The van der Waals surface area contributed by atoms with E-state index in [2.05, 4.69) is 15.3 Å². The molecule has 2 rings (SSSR count). The van der Waals surface area contributed by atoms with Crippen molar-refractivity contribution in [2.45, 2.75) is 31.2 Å². The molecule has 1 amide bonds. The first-order chi connectivity index (χ1) is 11.7. The molecule has 0 atom stereocenters. The van der Waals surface area contributed by atoms with E-state index >= 15 is 0 Å². The van der Waals surface area contributed by atoms with Gasteiger partial charge in [0.2, 0.25) is 15.9 Å². The number of aromatic nitrogens is 2. The summed E-state index contributed by atoms with van der Waals surface area (Å²) < 4.78 is 22.3. The number of carbonyl (C=O) groups is 1. The fourth-order valence-electron chi connectivity index (χ4n) is 2.25. The second kappa shape index (κ2) is 7.45. The van der Waals surface area contributed by atoms with Crippen LogP contribution in [-0.2, 0) is 27.8 Å². The van der Waals surface area contributed by atoms with Gasteiger partial charge in [-0.25, -0.2) is 18.4 Å². The van der Waals surface area contributed by atoms with E-state index in [0.29, 0.717) is 16.8 Å². The van der Waals surface area contributed by atoms with Crippen molar-refractivity contribution in [3.63, 3.8) is 0 Å². The van der Waals surface area contributed by atoms with Crippen LogP contribution in [0.2, 0.25) is 0 Å². The molecule has 25 heavy (non-hydrogen) atoms. The molecule has 134 valence electrons. The fourth-order valence-corrected chi connectivity index (χ4v) is 2.77. The van der Waals surface area contributed by atoms with Crippen LogP contribution >= 0.6 is 0 Å². The van der Waals surface area contributed by atoms with E-state index in [9.17, 15) is 22.8 Å². The second-order valence-electron chi connectivity index (χ2n) is 5.48. The number of aromatic amines is 2. The van der Waals surface area contributed by atoms with Crippen molar-refractivity contribution in [1.82, 2.24) is 15.3 Å². The maximum absolute atomic E-state index is 11.9. The lowest BCUT2D eigenvalue weighted by Gasteiger charge is -2.07. The molecule has 1 aromatic heterocycles. The number of hydrogen-bond acceptors (Lipinski definition) is 5. The number of aryl methyl sites for hydroxylation is 1. The second-order valence-corrected chi connectivity index (χ2v) is 7.04. The summed E-state index contributed by atoms with van der Waals surface area (Å²) in [6.07, 6.45) is 0.263. The summed E-state index contributed by atoms with van der Waals surface area (Å²) in [5, 5.41) is 7.68. The van der Waals surface area contributed by atoms with E-state index in [1.807, 2.05) is 0 Å². The summed E-state index contributed by atoms with van der Waals surface area (Å²) in [6.45, 7) is 1.81. The van der Waals surface area contributed by atoms with Crippen molar-refractivity contribution in [3.05, 3.63) is 61.9 Å². The lowest BCUT2D eigenvalue weighted by atomic mass is 10.1. The molecule has 0 aliphatic carbocycles. The van der Waals surface area contributed by atoms with Crippen LogP contribution in [0.25, 0.3) is 0 Å². The summed E-state index contributed by atoms with van der Waals surface area (Å²) in [6, 6.07) is 5.83. The molecule has 10 heteroatoms. The molecular formula is C15H18N4O5S. The maximum atomic E-state index is 11.9. The number of benzene rings is 1. The Morgan fingerprint density at radius 2 is 1.80 bits per heavy atom. The minimum atomic E-state index is -3.75. The van der Waals surface area contributed by atoms with Crippen LogP contribution in [0.3, 0.4) is 0 Å². The first kappa shape index (κ1) is 18.6. The Labute approximate surface area is 143 Å². The van der Waals surface area contributed by atoms with Gasteiger partial charge in [0.15, 0.2) is 0 Å². The topological polar surface area (TPSA) is 155 Å². The van der Waals surface area contributed by atoms with Gasteiger partial charge in [-0.3, -0.25) is 14.6 Å². The number of carbonyl (C=O) groups excluding carboxylic acids is 1. The molecular weight excluding hydrogens is 348 g/mol. The Balaban J connectivity index is 1.91. The predicted octanol–water partition coefficient (Wildman–Crippen LogP) is -0.732. The molecule has 1 aromatic carbocycles. The van der Waals surface area contributed by atoms with E-state index in [0.717, 1.165) is 0 Å². The zero-order chi connectivity index (χ0) is 18.6. The number of amides is 1. The normalized spacial score (nSPS) is 11.3. The zero-order valence-corrected chi connectivity index (χ0v) is 14.3. The van der Waals surface area contributed by atoms with E-state index in [1.165, 1.54) is 12.1 Å². The Bertz CT molecular complexity index is 990. The number of primary sulfonamides is 1. The van der Waals surface area contributed by atoms with Crippen molar-refractivity contribution in [2.24, 2.45) is 5.14 Å². The summed E-state index contributed by atoms with van der Waals surface area (Å²) in [4.78, 5) is 39.3. The van der Waals surface area contributed by atoms with Gasteiger partial charge in [0.25, 0.3) is 5.56 Å². The lowest BCUT2D eigenvalue weighted by Crippen LogP contribution is -2.29. The molecule has 0 saturated carbocycles. The first-order valence-corrected chi connectivity index (χ1v) is 8.92. The molecule has 0 spiro atoms. The van der Waals surface area contributed by atoms with Crippen molar-refractivity contribution in [1.29, 1.82) is 0 Å². The summed E-state index contributed by atoms with van der Waals surface area (Å²) in [7, 11) is -3.75. The highest BCUT2D eigenvalue weighted by atomic mass is 32.2. The molecule has 1 heterocycles. The summed E-state index contributed by atoms with van der Waals surface area (Å²) in [5.74, 6) is -0.277. The van der Waals surface area contributed by atoms with E-state index in [4.69, 9.17) is 5.14 Å². The average Bonchev–Trinajstić information content (AvgIpc) is 2.51. The highest BCUT2D eigenvalue weighted by Crippen LogP contribution is 2.08. The van der Waals surface area contributed by atoms with Gasteiger partial charge in [0.1, 0.15) is 0 Å². The number of H-pyrrole nitrogens is 2. The molecule has 0 bridgehead atoms. The Kier molecular flexibility index (Phi) is 5.55. The lowest BCUT2D eigenvalue weighted by molar-refractivity contribution is -0.121.